The monoisotopic (exact) mass is 209 g/mol. The Hall–Kier alpha value is -0.780. The normalized spacial score (nSPS) is 32.1. The van der Waals surface area contributed by atoms with Gasteiger partial charge < -0.3 is 9.64 Å². The first-order valence-electron chi connectivity index (χ1n) is 4.42. The van der Waals surface area contributed by atoms with Crippen LogP contribution in [-0.4, -0.2) is 42.3 Å². The van der Waals surface area contributed by atoms with E-state index in [0.717, 1.165) is 4.90 Å². The fourth-order valence-corrected chi connectivity index (χ4v) is 2.02. The van der Waals surface area contributed by atoms with Crippen LogP contribution in [0.25, 0.3) is 0 Å². The molecule has 2 fully saturated rings. The number of nitrogens with zero attached hydrogens (tertiary/aromatic N) is 1. The molecule has 1 spiro atoms. The molecule has 2 saturated heterocycles. The third kappa shape index (κ3) is 1.28. The molecule has 2 rings (SSSR count). The largest absolute Gasteiger partial charge is 0.471 e. The second kappa shape index (κ2) is 2.85. The fraction of sp³-hybridized carbons (Fsp3) is 0.875. The van der Waals surface area contributed by atoms with Crippen molar-refractivity contribution in [3.05, 3.63) is 0 Å². The van der Waals surface area contributed by atoms with Crippen LogP contribution in [0, 0.1) is 0 Å². The Morgan fingerprint density at radius 2 is 2.07 bits per heavy atom. The highest BCUT2D eigenvalue weighted by Gasteiger charge is 2.56. The van der Waals surface area contributed by atoms with Gasteiger partial charge in [-0.05, 0) is 12.8 Å². The molecule has 0 radical (unpaired) electrons. The van der Waals surface area contributed by atoms with Gasteiger partial charge in [-0.2, -0.15) is 13.2 Å². The van der Waals surface area contributed by atoms with E-state index in [-0.39, 0.29) is 13.2 Å². The number of rotatable bonds is 0. The van der Waals surface area contributed by atoms with E-state index in [1.165, 1.54) is 0 Å². The van der Waals surface area contributed by atoms with Crippen LogP contribution in [-0.2, 0) is 9.53 Å². The van der Waals surface area contributed by atoms with Crippen molar-refractivity contribution in [3.63, 3.8) is 0 Å². The van der Waals surface area contributed by atoms with Crippen LogP contribution in [0.2, 0.25) is 0 Å². The Kier molecular flexibility index (Phi) is 1.99. The minimum absolute atomic E-state index is 0.196. The maximum absolute atomic E-state index is 12.1. The predicted molar refractivity (Wildman–Crippen MR) is 40.6 cm³/mol. The fourth-order valence-electron chi connectivity index (χ4n) is 2.02. The molecule has 2 aliphatic heterocycles. The van der Waals surface area contributed by atoms with Crippen molar-refractivity contribution >= 4 is 5.91 Å². The summed E-state index contributed by atoms with van der Waals surface area (Å²) in [5.41, 5.74) is -0.646. The molecular formula is C8H10F3NO2. The first-order chi connectivity index (χ1) is 6.46. The number of carbonyl (C=O) groups is 1. The topological polar surface area (TPSA) is 29.5 Å². The van der Waals surface area contributed by atoms with Crippen molar-refractivity contribution in [1.29, 1.82) is 0 Å². The lowest BCUT2D eigenvalue weighted by Gasteiger charge is -2.49. The summed E-state index contributed by atoms with van der Waals surface area (Å²) in [4.78, 5) is 11.9. The molecule has 0 aromatic heterocycles. The molecule has 14 heavy (non-hydrogen) atoms. The van der Waals surface area contributed by atoms with Gasteiger partial charge in [0.25, 0.3) is 0 Å². The van der Waals surface area contributed by atoms with E-state index < -0.39 is 17.6 Å². The van der Waals surface area contributed by atoms with E-state index in [2.05, 4.69) is 0 Å². The number of hydrogen-bond acceptors (Lipinski definition) is 2. The summed E-state index contributed by atoms with van der Waals surface area (Å²) in [6.07, 6.45) is -3.61. The summed E-state index contributed by atoms with van der Waals surface area (Å²) < 4.78 is 41.4. The van der Waals surface area contributed by atoms with E-state index in [4.69, 9.17) is 4.74 Å². The molecule has 1 atom stereocenters. The first kappa shape index (κ1) is 9.76. The van der Waals surface area contributed by atoms with E-state index in [9.17, 15) is 18.0 Å². The SMILES string of the molecule is O=C(N1CCC12CCOC2)C(F)(F)F. The van der Waals surface area contributed by atoms with Crippen molar-refractivity contribution in [1.82, 2.24) is 4.90 Å². The number of ether oxygens (including phenoxy) is 1. The predicted octanol–water partition coefficient (Wildman–Crippen LogP) is 0.940. The second-order valence-corrected chi connectivity index (χ2v) is 3.73. The van der Waals surface area contributed by atoms with Gasteiger partial charge in [-0.15, -0.1) is 0 Å². The van der Waals surface area contributed by atoms with Crippen LogP contribution in [0.4, 0.5) is 13.2 Å². The maximum Gasteiger partial charge on any atom is 0.471 e. The second-order valence-electron chi connectivity index (χ2n) is 3.73. The van der Waals surface area contributed by atoms with Crippen molar-refractivity contribution in [3.8, 4) is 0 Å². The highest BCUT2D eigenvalue weighted by Crippen LogP contribution is 2.40. The number of hydrogen-bond donors (Lipinski definition) is 0. The number of alkyl halides is 3. The number of carbonyl (C=O) groups excluding carboxylic acids is 1. The van der Waals surface area contributed by atoms with E-state index >= 15 is 0 Å². The van der Waals surface area contributed by atoms with Crippen LogP contribution >= 0.6 is 0 Å². The summed E-state index contributed by atoms with van der Waals surface area (Å²) in [6.45, 7) is 0.887. The summed E-state index contributed by atoms with van der Waals surface area (Å²) in [5.74, 6) is -1.73. The van der Waals surface area contributed by atoms with Gasteiger partial charge in [0.2, 0.25) is 0 Å². The smallest absolute Gasteiger partial charge is 0.379 e. The zero-order chi connectivity index (χ0) is 10.4. The average molecular weight is 209 g/mol. The Morgan fingerprint density at radius 3 is 2.43 bits per heavy atom. The highest BCUT2D eigenvalue weighted by atomic mass is 19.4. The van der Waals surface area contributed by atoms with E-state index in [1.54, 1.807) is 0 Å². The molecule has 0 bridgehead atoms. The molecule has 1 amide bonds. The number of amides is 1. The molecule has 1 unspecified atom stereocenters. The molecule has 0 N–H and O–H groups in total. The molecular weight excluding hydrogens is 199 g/mol. The van der Waals surface area contributed by atoms with Gasteiger partial charge in [-0.25, -0.2) is 0 Å². The molecule has 0 aromatic carbocycles. The summed E-state index contributed by atoms with van der Waals surface area (Å²) in [5, 5.41) is 0. The van der Waals surface area contributed by atoms with Gasteiger partial charge >= 0.3 is 12.1 Å². The van der Waals surface area contributed by atoms with Crippen LogP contribution < -0.4 is 0 Å². The Morgan fingerprint density at radius 1 is 1.36 bits per heavy atom. The molecule has 80 valence electrons. The third-order valence-electron chi connectivity index (χ3n) is 2.94. The van der Waals surface area contributed by atoms with Gasteiger partial charge in [-0.1, -0.05) is 0 Å². The average Bonchev–Trinajstić information content (AvgIpc) is 2.50. The lowest BCUT2D eigenvalue weighted by Crippen LogP contribution is -2.65. The van der Waals surface area contributed by atoms with Crippen LogP contribution in [0.1, 0.15) is 12.8 Å². The Labute approximate surface area is 78.8 Å². The minimum Gasteiger partial charge on any atom is -0.379 e. The van der Waals surface area contributed by atoms with Crippen molar-refractivity contribution in [2.24, 2.45) is 0 Å². The Balaban J connectivity index is 2.09. The van der Waals surface area contributed by atoms with Gasteiger partial charge in [0.1, 0.15) is 0 Å². The lowest BCUT2D eigenvalue weighted by atomic mass is 9.84. The molecule has 3 nitrogen and oxygen atoms in total. The van der Waals surface area contributed by atoms with Gasteiger partial charge in [0, 0.05) is 13.2 Å². The highest BCUT2D eigenvalue weighted by molar-refractivity contribution is 5.83. The minimum atomic E-state index is -4.75. The lowest BCUT2D eigenvalue weighted by molar-refractivity contribution is -0.200. The van der Waals surface area contributed by atoms with E-state index in [1.807, 2.05) is 0 Å². The summed E-state index contributed by atoms with van der Waals surface area (Å²) in [6, 6.07) is 0. The van der Waals surface area contributed by atoms with Crippen LogP contribution in [0.5, 0.6) is 0 Å². The third-order valence-corrected chi connectivity index (χ3v) is 2.94. The Bertz CT molecular complexity index is 258. The maximum atomic E-state index is 12.1. The zero-order valence-electron chi connectivity index (χ0n) is 7.43. The molecule has 6 heteroatoms. The summed E-state index contributed by atoms with van der Waals surface area (Å²) in [7, 11) is 0. The van der Waals surface area contributed by atoms with Crippen molar-refractivity contribution in [2.45, 2.75) is 24.6 Å². The number of halogens is 3. The molecule has 0 saturated carbocycles. The van der Waals surface area contributed by atoms with Gasteiger partial charge in [0.05, 0.1) is 12.1 Å². The quantitative estimate of drug-likeness (QED) is 0.594. The summed E-state index contributed by atoms with van der Waals surface area (Å²) >= 11 is 0. The molecule has 2 heterocycles. The van der Waals surface area contributed by atoms with Crippen LogP contribution in [0.15, 0.2) is 0 Å². The van der Waals surface area contributed by atoms with Gasteiger partial charge in [-0.3, -0.25) is 4.79 Å². The molecule has 2 aliphatic rings. The van der Waals surface area contributed by atoms with Crippen molar-refractivity contribution < 1.29 is 22.7 Å². The standard InChI is InChI=1S/C8H10F3NO2/c9-8(10,11)6(13)12-3-1-7(12)2-4-14-5-7/h1-5H2. The molecule has 0 aliphatic carbocycles. The van der Waals surface area contributed by atoms with Crippen LogP contribution in [0.3, 0.4) is 0 Å². The first-order valence-corrected chi connectivity index (χ1v) is 4.42. The zero-order valence-corrected chi connectivity index (χ0v) is 7.43. The number of likely N-dealkylation sites (tertiary alicyclic amines) is 1. The molecule has 0 aromatic rings. The van der Waals surface area contributed by atoms with Gasteiger partial charge in [0.15, 0.2) is 0 Å². The van der Waals surface area contributed by atoms with Crippen molar-refractivity contribution in [2.75, 3.05) is 19.8 Å². The van der Waals surface area contributed by atoms with E-state index in [0.29, 0.717) is 19.4 Å².